The highest BCUT2D eigenvalue weighted by Crippen LogP contribution is 2.50. The Kier molecular flexibility index (Phi) is 6.93. The van der Waals surface area contributed by atoms with Gasteiger partial charge in [0.05, 0.1) is 0 Å². The van der Waals surface area contributed by atoms with Gasteiger partial charge in [-0.25, -0.2) is 4.39 Å². The maximum Gasteiger partial charge on any atom is 0.128 e. The van der Waals surface area contributed by atoms with Crippen LogP contribution in [0.4, 0.5) is 10.1 Å². The minimum atomic E-state index is -0.154. The van der Waals surface area contributed by atoms with Gasteiger partial charge in [-0.1, -0.05) is 46.3 Å². The lowest BCUT2D eigenvalue weighted by atomic mass is 9.60. The van der Waals surface area contributed by atoms with Crippen LogP contribution in [0.2, 0.25) is 0 Å². The molecule has 0 amide bonds. The second-order valence-corrected chi connectivity index (χ2v) is 11.0. The lowest BCUT2D eigenvalue weighted by Gasteiger charge is -2.45. The zero-order valence-electron chi connectivity index (χ0n) is 20.4. The number of aryl methyl sites for hydroxylation is 2. The van der Waals surface area contributed by atoms with Crippen molar-refractivity contribution in [1.29, 1.82) is 0 Å². The molecule has 1 heterocycles. The molecular formula is C28H39FN2. The number of rotatable bonds is 6. The van der Waals surface area contributed by atoms with Gasteiger partial charge in [-0.3, -0.25) is 4.98 Å². The summed E-state index contributed by atoms with van der Waals surface area (Å²) in [6.45, 7) is 16.5. The molecule has 0 atom stereocenters. The Balaban J connectivity index is 1.98. The molecule has 1 aromatic carbocycles. The molecule has 3 heteroatoms. The van der Waals surface area contributed by atoms with Gasteiger partial charge >= 0.3 is 0 Å². The summed E-state index contributed by atoms with van der Waals surface area (Å²) in [5, 5.41) is 0. The quantitative estimate of drug-likeness (QED) is 0.471. The zero-order valence-corrected chi connectivity index (χ0v) is 20.4. The van der Waals surface area contributed by atoms with Crippen LogP contribution in [0, 0.1) is 29.5 Å². The number of hydrogen-bond donors (Lipinski definition) is 0. The first kappa shape index (κ1) is 23.5. The Morgan fingerprint density at radius 3 is 2.42 bits per heavy atom. The van der Waals surface area contributed by atoms with Gasteiger partial charge in [0.15, 0.2) is 0 Å². The molecule has 1 fully saturated rings. The molecule has 1 aliphatic carbocycles. The van der Waals surface area contributed by atoms with Crippen LogP contribution < -0.4 is 4.90 Å². The highest BCUT2D eigenvalue weighted by Gasteiger charge is 2.38. The maximum atomic E-state index is 14.5. The lowest BCUT2D eigenvalue weighted by molar-refractivity contribution is 0.0817. The predicted octanol–water partition coefficient (Wildman–Crippen LogP) is 7.85. The number of benzene rings is 1. The minimum absolute atomic E-state index is 0.154. The molecule has 0 N–H and O–H groups in total. The summed E-state index contributed by atoms with van der Waals surface area (Å²) < 4.78 is 14.5. The number of pyridine rings is 1. The number of aromatic nitrogens is 1. The Hall–Kier alpha value is -2.16. The highest BCUT2D eigenvalue weighted by atomic mass is 19.1. The average molecular weight is 423 g/mol. The Morgan fingerprint density at radius 2 is 1.81 bits per heavy atom. The number of allylic oxidation sites excluding steroid dienone is 1. The molecule has 0 bridgehead atoms. The third kappa shape index (κ3) is 5.96. The van der Waals surface area contributed by atoms with Crippen molar-refractivity contribution in [3.05, 3.63) is 70.9 Å². The maximum absolute atomic E-state index is 14.5. The van der Waals surface area contributed by atoms with Crippen molar-refractivity contribution in [2.75, 3.05) is 4.90 Å². The van der Waals surface area contributed by atoms with Gasteiger partial charge in [0.2, 0.25) is 0 Å². The average Bonchev–Trinajstić information content (AvgIpc) is 2.67. The summed E-state index contributed by atoms with van der Waals surface area (Å²) >= 11 is 0. The van der Waals surface area contributed by atoms with E-state index in [0.717, 1.165) is 12.1 Å². The monoisotopic (exact) mass is 422 g/mol. The fraction of sp³-hybridized carbons (Fsp3) is 0.536. The largest absolute Gasteiger partial charge is 0.344 e. The van der Waals surface area contributed by atoms with Crippen molar-refractivity contribution >= 4 is 5.69 Å². The van der Waals surface area contributed by atoms with E-state index in [9.17, 15) is 4.39 Å². The molecule has 168 valence electrons. The topological polar surface area (TPSA) is 16.1 Å². The van der Waals surface area contributed by atoms with Crippen LogP contribution in [0.1, 0.15) is 77.5 Å². The number of anilines is 1. The molecule has 0 spiro atoms. The molecule has 0 radical (unpaired) electrons. The molecule has 2 aromatic rings. The van der Waals surface area contributed by atoms with Crippen molar-refractivity contribution in [3.8, 4) is 0 Å². The fourth-order valence-corrected chi connectivity index (χ4v) is 5.60. The number of hydrogen-bond acceptors (Lipinski definition) is 2. The first-order valence-electron chi connectivity index (χ1n) is 11.6. The van der Waals surface area contributed by atoms with Gasteiger partial charge in [-0.2, -0.15) is 0 Å². The molecule has 31 heavy (non-hydrogen) atoms. The van der Waals surface area contributed by atoms with E-state index >= 15 is 0 Å². The number of halogens is 1. The van der Waals surface area contributed by atoms with Crippen molar-refractivity contribution in [1.82, 2.24) is 4.98 Å². The molecule has 0 aliphatic heterocycles. The standard InChI is InChI=1S/C28H39FN2/c1-8-22-16-30-12-11-23(22)18-31(25-10-9-20(2)26(29)13-25)17-21(3)24-14-27(4,5)19-28(6,7)15-24/h9-13,16-17,24H,8,14-15,18-19H2,1-7H3/b21-17+. The number of nitrogens with zero attached hydrogens (tertiary/aromatic N) is 2. The van der Waals surface area contributed by atoms with Crippen molar-refractivity contribution in [2.24, 2.45) is 16.7 Å². The smallest absolute Gasteiger partial charge is 0.128 e. The molecule has 1 aliphatic rings. The first-order chi connectivity index (χ1) is 14.5. The van der Waals surface area contributed by atoms with E-state index in [1.54, 1.807) is 6.07 Å². The van der Waals surface area contributed by atoms with Gasteiger partial charge in [-0.15, -0.1) is 0 Å². The van der Waals surface area contributed by atoms with Crippen LogP contribution in [0.3, 0.4) is 0 Å². The molecule has 1 aromatic heterocycles. The third-order valence-corrected chi connectivity index (χ3v) is 6.77. The van der Waals surface area contributed by atoms with E-state index in [0.29, 0.717) is 28.9 Å². The Bertz CT molecular complexity index is 926. The van der Waals surface area contributed by atoms with Crippen molar-refractivity contribution in [3.63, 3.8) is 0 Å². The summed E-state index contributed by atoms with van der Waals surface area (Å²) in [4.78, 5) is 6.52. The molecule has 1 saturated carbocycles. The van der Waals surface area contributed by atoms with Gasteiger partial charge in [0, 0.05) is 30.8 Å². The summed E-state index contributed by atoms with van der Waals surface area (Å²) in [6, 6.07) is 7.66. The van der Waals surface area contributed by atoms with Crippen LogP contribution in [0.5, 0.6) is 0 Å². The van der Waals surface area contributed by atoms with E-state index < -0.39 is 0 Å². The van der Waals surface area contributed by atoms with E-state index in [2.05, 4.69) is 63.7 Å². The summed E-state index contributed by atoms with van der Waals surface area (Å²) in [7, 11) is 0. The molecule has 0 saturated heterocycles. The van der Waals surface area contributed by atoms with E-state index in [1.165, 1.54) is 36.0 Å². The van der Waals surface area contributed by atoms with E-state index in [4.69, 9.17) is 0 Å². The van der Waals surface area contributed by atoms with Crippen molar-refractivity contribution in [2.45, 2.75) is 80.7 Å². The normalized spacial score (nSPS) is 18.8. The summed E-state index contributed by atoms with van der Waals surface area (Å²) in [6.07, 6.45) is 10.7. The summed E-state index contributed by atoms with van der Waals surface area (Å²) in [5.41, 5.74) is 6.12. The molecule has 0 unspecified atom stereocenters. The van der Waals surface area contributed by atoms with E-state index in [1.807, 2.05) is 31.5 Å². The predicted molar refractivity (Wildman–Crippen MR) is 130 cm³/mol. The van der Waals surface area contributed by atoms with Crippen LogP contribution >= 0.6 is 0 Å². The van der Waals surface area contributed by atoms with E-state index in [-0.39, 0.29) is 5.82 Å². The van der Waals surface area contributed by atoms with Gasteiger partial charge in [0.1, 0.15) is 5.82 Å². The lowest BCUT2D eigenvalue weighted by Crippen LogP contribution is -2.34. The Labute approximate surface area is 188 Å². The van der Waals surface area contributed by atoms with Gasteiger partial charge in [-0.05, 0) is 91.2 Å². The minimum Gasteiger partial charge on any atom is -0.344 e. The van der Waals surface area contributed by atoms with Gasteiger partial charge in [0.25, 0.3) is 0 Å². The summed E-state index contributed by atoms with van der Waals surface area (Å²) in [5.74, 6) is 0.388. The van der Waals surface area contributed by atoms with Crippen LogP contribution in [0.15, 0.2) is 48.4 Å². The molecular weight excluding hydrogens is 383 g/mol. The zero-order chi connectivity index (χ0) is 22.8. The van der Waals surface area contributed by atoms with Crippen molar-refractivity contribution < 1.29 is 4.39 Å². The highest BCUT2D eigenvalue weighted by molar-refractivity contribution is 5.52. The van der Waals surface area contributed by atoms with Gasteiger partial charge < -0.3 is 4.90 Å². The third-order valence-electron chi connectivity index (χ3n) is 6.77. The van der Waals surface area contributed by atoms with Crippen LogP contribution in [-0.2, 0) is 13.0 Å². The SMILES string of the molecule is CCc1cnccc1CN(/C=C(\C)C1CC(C)(C)CC(C)(C)C1)c1ccc(C)c(F)c1. The fourth-order valence-electron chi connectivity index (χ4n) is 5.60. The Morgan fingerprint density at radius 1 is 1.13 bits per heavy atom. The second kappa shape index (κ2) is 9.14. The second-order valence-electron chi connectivity index (χ2n) is 11.0. The molecule has 3 rings (SSSR count). The first-order valence-corrected chi connectivity index (χ1v) is 11.6. The molecule has 2 nitrogen and oxygen atoms in total. The van der Waals surface area contributed by atoms with Crippen LogP contribution in [0.25, 0.3) is 0 Å². The van der Waals surface area contributed by atoms with Crippen LogP contribution in [-0.4, -0.2) is 4.98 Å².